The van der Waals surface area contributed by atoms with Crippen molar-refractivity contribution in [3.05, 3.63) is 89.2 Å². The van der Waals surface area contributed by atoms with Gasteiger partial charge >= 0.3 is 0 Å². The molecule has 0 radical (unpaired) electrons. The zero-order valence-corrected chi connectivity index (χ0v) is 19.2. The molecule has 1 atom stereocenters. The summed E-state index contributed by atoms with van der Waals surface area (Å²) in [4.78, 5) is 29.8. The van der Waals surface area contributed by atoms with Crippen LogP contribution in [0.1, 0.15) is 17.2 Å². The molecule has 1 fully saturated rings. The average molecular weight is 474 g/mol. The Morgan fingerprint density at radius 3 is 2.60 bits per heavy atom. The molecule has 0 bridgehead atoms. The largest absolute Gasteiger partial charge is 0.507 e. The van der Waals surface area contributed by atoms with Gasteiger partial charge in [0.2, 0.25) is 0 Å². The van der Waals surface area contributed by atoms with E-state index >= 15 is 0 Å². The van der Waals surface area contributed by atoms with Crippen LogP contribution in [0.3, 0.4) is 0 Å². The van der Waals surface area contributed by atoms with Crippen molar-refractivity contribution in [1.82, 2.24) is 0 Å². The van der Waals surface area contributed by atoms with E-state index in [0.717, 1.165) is 5.69 Å². The maximum Gasteiger partial charge on any atom is 0.300 e. The molecule has 0 aromatic heterocycles. The second-order valence-corrected chi connectivity index (χ2v) is 8.37. The Bertz CT molecular complexity index is 1350. The van der Waals surface area contributed by atoms with E-state index in [1.807, 2.05) is 11.9 Å². The highest BCUT2D eigenvalue weighted by Gasteiger charge is 2.47. The van der Waals surface area contributed by atoms with Crippen LogP contribution in [0.25, 0.3) is 5.76 Å². The summed E-state index contributed by atoms with van der Waals surface area (Å²) in [7, 11) is 3.43. The number of aliphatic hydroxyl groups excluding tert-OH is 1. The summed E-state index contributed by atoms with van der Waals surface area (Å²) < 4.78 is 24.6. The molecule has 3 aromatic rings. The van der Waals surface area contributed by atoms with Crippen LogP contribution in [0, 0.1) is 5.82 Å². The minimum atomic E-state index is -0.944. The van der Waals surface area contributed by atoms with Gasteiger partial charge in [0.25, 0.3) is 11.7 Å². The number of halogens is 1. The third-order valence-electron chi connectivity index (χ3n) is 6.29. The van der Waals surface area contributed by atoms with E-state index in [-0.39, 0.29) is 11.3 Å². The number of fused-ring (bicyclic) bond motifs is 1. The predicted octanol–water partition coefficient (Wildman–Crippen LogP) is 4.29. The monoisotopic (exact) mass is 474 g/mol. The zero-order valence-electron chi connectivity index (χ0n) is 19.2. The first-order chi connectivity index (χ1) is 16.9. The fourth-order valence-electron chi connectivity index (χ4n) is 4.48. The van der Waals surface area contributed by atoms with Crippen LogP contribution >= 0.6 is 0 Å². The lowest BCUT2D eigenvalue weighted by molar-refractivity contribution is -0.132. The molecule has 178 valence electrons. The molecule has 0 aliphatic carbocycles. The number of Topliss-reactive ketones (excluding diaryl/α,β-unsaturated/α-hetero) is 1. The minimum Gasteiger partial charge on any atom is -0.507 e. The smallest absolute Gasteiger partial charge is 0.300 e. The first-order valence-corrected chi connectivity index (χ1v) is 11.1. The summed E-state index contributed by atoms with van der Waals surface area (Å²) in [5.74, 6) is -1.22. The highest BCUT2D eigenvalue weighted by molar-refractivity contribution is 6.51. The first kappa shape index (κ1) is 22.5. The van der Waals surface area contributed by atoms with Crippen molar-refractivity contribution in [3.8, 4) is 11.5 Å². The van der Waals surface area contributed by atoms with E-state index in [4.69, 9.17) is 9.47 Å². The van der Waals surface area contributed by atoms with Gasteiger partial charge in [0, 0.05) is 18.3 Å². The number of rotatable bonds is 4. The number of hydrogen-bond donors (Lipinski definition) is 1. The van der Waals surface area contributed by atoms with Crippen LogP contribution in [0.4, 0.5) is 15.8 Å². The number of carbonyl (C=O) groups excluding carboxylic acids is 2. The maximum absolute atomic E-state index is 13.6. The molecule has 8 heteroatoms. The van der Waals surface area contributed by atoms with Gasteiger partial charge < -0.3 is 19.5 Å². The Labute approximate surface area is 201 Å². The molecule has 0 spiro atoms. The maximum atomic E-state index is 13.6. The Balaban J connectivity index is 1.70. The van der Waals surface area contributed by atoms with E-state index in [2.05, 4.69) is 0 Å². The molecule has 2 aliphatic rings. The molecule has 35 heavy (non-hydrogen) atoms. The highest BCUT2D eigenvalue weighted by Crippen LogP contribution is 2.43. The quantitative estimate of drug-likeness (QED) is 0.345. The summed E-state index contributed by atoms with van der Waals surface area (Å²) in [5.41, 5.74) is 1.98. The van der Waals surface area contributed by atoms with Crippen LogP contribution in [0.15, 0.2) is 72.3 Å². The number of carbonyl (C=O) groups is 2. The molecule has 1 N–H and O–H groups in total. The number of methoxy groups -OCH3 is 1. The number of nitrogens with zero attached hydrogens (tertiary/aromatic N) is 2. The van der Waals surface area contributed by atoms with Gasteiger partial charge in [-0.3, -0.25) is 14.5 Å². The molecule has 1 saturated heterocycles. The van der Waals surface area contributed by atoms with E-state index in [1.54, 1.807) is 42.5 Å². The lowest BCUT2D eigenvalue weighted by atomic mass is 9.94. The summed E-state index contributed by atoms with van der Waals surface area (Å²) in [6.45, 7) is 1.23. The van der Waals surface area contributed by atoms with Gasteiger partial charge in [-0.1, -0.05) is 12.1 Å². The third kappa shape index (κ3) is 3.86. The number of hydrogen-bond acceptors (Lipinski definition) is 6. The fourth-order valence-corrected chi connectivity index (χ4v) is 4.48. The van der Waals surface area contributed by atoms with E-state index in [9.17, 15) is 19.1 Å². The molecule has 0 saturated carbocycles. The summed E-state index contributed by atoms with van der Waals surface area (Å²) in [6, 6.07) is 16.4. The van der Waals surface area contributed by atoms with E-state index < -0.39 is 23.5 Å². The summed E-state index contributed by atoms with van der Waals surface area (Å²) in [5, 5.41) is 11.4. The van der Waals surface area contributed by atoms with Gasteiger partial charge in [0.05, 0.1) is 31.0 Å². The van der Waals surface area contributed by atoms with Crippen molar-refractivity contribution in [2.75, 3.05) is 37.1 Å². The van der Waals surface area contributed by atoms with Crippen LogP contribution in [-0.2, 0) is 9.59 Å². The fraction of sp³-hybridized carbons (Fsp3) is 0.185. The molecular weight excluding hydrogens is 451 g/mol. The number of likely N-dealkylation sites (N-methyl/N-ethyl adjacent to an activating group) is 1. The van der Waals surface area contributed by atoms with Crippen LogP contribution < -0.4 is 19.3 Å². The minimum absolute atomic E-state index is 0.0630. The standard InChI is InChI=1S/C27H23FN2O5/c1-29-12-13-35-22-11-6-17(15-21(22)29)25(31)23-24(16-4-3-5-20(14-16)34-2)30(27(33)26(23)32)19-9-7-18(28)8-10-19/h3-11,14-15,24,31H,12-13H2,1-2H3/b25-23-. The second kappa shape index (κ2) is 8.79. The molecule has 3 aromatic carbocycles. The SMILES string of the molecule is COc1cccc(C2/C(=C(/O)c3ccc4c(c3)N(C)CCO4)C(=O)C(=O)N2c2ccc(F)cc2)c1. The molecule has 2 aliphatic heterocycles. The van der Waals surface area contributed by atoms with Crippen molar-refractivity contribution in [3.63, 3.8) is 0 Å². The average Bonchev–Trinajstić information content (AvgIpc) is 3.14. The Morgan fingerprint density at radius 2 is 1.86 bits per heavy atom. The Morgan fingerprint density at radius 1 is 1.09 bits per heavy atom. The molecular formula is C27H23FN2O5. The molecule has 5 rings (SSSR count). The molecule has 7 nitrogen and oxygen atoms in total. The number of ether oxygens (including phenoxy) is 2. The third-order valence-corrected chi connectivity index (χ3v) is 6.29. The van der Waals surface area contributed by atoms with Crippen LogP contribution in [0.2, 0.25) is 0 Å². The Kier molecular flexibility index (Phi) is 5.64. The summed E-state index contributed by atoms with van der Waals surface area (Å²) >= 11 is 0. The van der Waals surface area contributed by atoms with Crippen LogP contribution in [0.5, 0.6) is 11.5 Å². The number of aliphatic hydroxyl groups is 1. The number of benzene rings is 3. The lowest BCUT2D eigenvalue weighted by Crippen LogP contribution is -2.29. The van der Waals surface area contributed by atoms with Crippen molar-refractivity contribution < 1.29 is 28.6 Å². The van der Waals surface area contributed by atoms with Gasteiger partial charge in [0.15, 0.2) is 0 Å². The normalized spacial score (nSPS) is 18.9. The topological polar surface area (TPSA) is 79.3 Å². The van der Waals surface area contributed by atoms with Crippen molar-refractivity contribution in [2.45, 2.75) is 6.04 Å². The molecule has 1 amide bonds. The molecule has 1 unspecified atom stereocenters. The van der Waals surface area contributed by atoms with Gasteiger partial charge in [-0.25, -0.2) is 4.39 Å². The van der Waals surface area contributed by atoms with Gasteiger partial charge in [-0.05, 0) is 60.2 Å². The highest BCUT2D eigenvalue weighted by atomic mass is 19.1. The number of anilines is 2. The van der Waals surface area contributed by atoms with Crippen molar-refractivity contribution in [2.24, 2.45) is 0 Å². The summed E-state index contributed by atoms with van der Waals surface area (Å²) in [6.07, 6.45) is 0. The van der Waals surface area contributed by atoms with Gasteiger partial charge in [-0.2, -0.15) is 0 Å². The van der Waals surface area contributed by atoms with Crippen molar-refractivity contribution >= 4 is 28.8 Å². The first-order valence-electron chi connectivity index (χ1n) is 11.1. The second-order valence-electron chi connectivity index (χ2n) is 8.37. The van der Waals surface area contributed by atoms with Gasteiger partial charge in [0.1, 0.15) is 29.7 Å². The Hall–Kier alpha value is -4.33. The van der Waals surface area contributed by atoms with Crippen LogP contribution in [-0.4, -0.2) is 44.1 Å². The lowest BCUT2D eigenvalue weighted by Gasteiger charge is -2.28. The van der Waals surface area contributed by atoms with Gasteiger partial charge in [-0.15, -0.1) is 0 Å². The van der Waals surface area contributed by atoms with Crippen molar-refractivity contribution in [1.29, 1.82) is 0 Å². The zero-order chi connectivity index (χ0) is 24.7. The number of ketones is 1. The van der Waals surface area contributed by atoms with E-state index in [0.29, 0.717) is 41.5 Å². The number of amides is 1. The van der Waals surface area contributed by atoms with E-state index in [1.165, 1.54) is 36.3 Å². The molecule has 2 heterocycles. The predicted molar refractivity (Wildman–Crippen MR) is 129 cm³/mol.